The Kier molecular flexibility index (Phi) is 5.95. The van der Waals surface area contributed by atoms with E-state index in [4.69, 9.17) is 22.0 Å². The Bertz CT molecular complexity index is 457. The van der Waals surface area contributed by atoms with Crippen molar-refractivity contribution in [2.24, 2.45) is 0 Å². The van der Waals surface area contributed by atoms with Gasteiger partial charge in [0.05, 0.1) is 5.56 Å². The minimum absolute atomic E-state index is 0.197. The first-order chi connectivity index (χ1) is 8.65. The van der Waals surface area contributed by atoms with Crippen molar-refractivity contribution in [1.82, 2.24) is 4.98 Å². The van der Waals surface area contributed by atoms with E-state index >= 15 is 0 Å². The first-order valence-corrected chi connectivity index (χ1v) is 6.03. The topological polar surface area (TPSA) is 86.0 Å². The molecular formula is C12H14ClN3O2. The van der Waals surface area contributed by atoms with Crippen LogP contribution in [0.4, 0.5) is 5.82 Å². The van der Waals surface area contributed by atoms with E-state index in [0.29, 0.717) is 29.4 Å². The summed E-state index contributed by atoms with van der Waals surface area (Å²) in [5.41, 5.74) is 0.389. The summed E-state index contributed by atoms with van der Waals surface area (Å²) in [6, 6.07) is 3.54. The Morgan fingerprint density at radius 2 is 2.28 bits per heavy atom. The molecule has 0 saturated carbocycles. The van der Waals surface area contributed by atoms with Gasteiger partial charge in [-0.1, -0.05) is 18.0 Å². The number of nitrogens with one attached hydrogen (secondary N) is 1. The number of unbranched alkanes of at least 4 members (excludes halogenated alkanes) is 2. The monoisotopic (exact) mass is 267 g/mol. The highest BCUT2D eigenvalue weighted by Crippen LogP contribution is 2.22. The number of nitrogens with zero attached hydrogens (tertiary/aromatic N) is 2. The van der Waals surface area contributed by atoms with Crippen LogP contribution in [0.3, 0.4) is 0 Å². The lowest BCUT2D eigenvalue weighted by Gasteiger charge is -2.07. The number of pyridine rings is 1. The summed E-state index contributed by atoms with van der Waals surface area (Å²) < 4.78 is 0. The fourth-order valence-corrected chi connectivity index (χ4v) is 1.66. The molecule has 1 rings (SSSR count). The number of hydrogen-bond donors (Lipinski definition) is 2. The van der Waals surface area contributed by atoms with Crippen LogP contribution in [0, 0.1) is 11.3 Å². The molecule has 0 bridgehead atoms. The van der Waals surface area contributed by atoms with Crippen molar-refractivity contribution < 1.29 is 9.90 Å². The van der Waals surface area contributed by atoms with E-state index in [2.05, 4.69) is 10.3 Å². The maximum absolute atomic E-state index is 10.3. The molecule has 0 aliphatic carbocycles. The molecule has 0 fully saturated rings. The lowest BCUT2D eigenvalue weighted by Crippen LogP contribution is -2.05. The lowest BCUT2D eigenvalue weighted by atomic mass is 10.2. The molecule has 2 N–H and O–H groups in total. The molecule has 6 heteroatoms. The number of halogens is 1. The first kappa shape index (κ1) is 14.3. The van der Waals surface area contributed by atoms with Gasteiger partial charge in [-0.25, -0.2) is 4.98 Å². The number of hydrogen-bond acceptors (Lipinski definition) is 4. The molecule has 0 radical (unpaired) electrons. The summed E-state index contributed by atoms with van der Waals surface area (Å²) in [4.78, 5) is 14.3. The molecule has 0 atom stereocenters. The highest BCUT2D eigenvalue weighted by Gasteiger charge is 2.06. The highest BCUT2D eigenvalue weighted by atomic mass is 35.5. The van der Waals surface area contributed by atoms with Gasteiger partial charge in [0, 0.05) is 19.2 Å². The zero-order valence-corrected chi connectivity index (χ0v) is 10.6. The van der Waals surface area contributed by atoms with Crippen LogP contribution in [0.5, 0.6) is 0 Å². The van der Waals surface area contributed by atoms with Crippen molar-refractivity contribution in [3.05, 3.63) is 22.8 Å². The normalized spacial score (nSPS) is 9.78. The molecule has 1 aromatic heterocycles. The van der Waals surface area contributed by atoms with Crippen LogP contribution < -0.4 is 5.32 Å². The van der Waals surface area contributed by atoms with Crippen LogP contribution in [0.2, 0.25) is 5.02 Å². The van der Waals surface area contributed by atoms with E-state index in [-0.39, 0.29) is 6.42 Å². The zero-order valence-electron chi connectivity index (χ0n) is 9.82. The molecule has 0 aliphatic rings. The largest absolute Gasteiger partial charge is 0.481 e. The van der Waals surface area contributed by atoms with Crippen LogP contribution in [0.1, 0.15) is 31.2 Å². The van der Waals surface area contributed by atoms with Gasteiger partial charge < -0.3 is 10.4 Å². The maximum Gasteiger partial charge on any atom is 0.303 e. The van der Waals surface area contributed by atoms with E-state index in [0.717, 1.165) is 12.8 Å². The van der Waals surface area contributed by atoms with E-state index in [9.17, 15) is 4.79 Å². The third-order valence-corrected chi connectivity index (χ3v) is 2.75. The van der Waals surface area contributed by atoms with Gasteiger partial charge in [-0.15, -0.1) is 0 Å². The highest BCUT2D eigenvalue weighted by molar-refractivity contribution is 6.34. The zero-order chi connectivity index (χ0) is 13.4. The molecule has 1 heterocycles. The molecule has 18 heavy (non-hydrogen) atoms. The van der Waals surface area contributed by atoms with Gasteiger partial charge in [-0.05, 0) is 18.9 Å². The second-order valence-corrected chi connectivity index (χ2v) is 4.14. The standard InChI is InChI=1S/C12H14ClN3O2/c13-11-9(8-14)5-7-16-12(11)15-6-3-1-2-4-10(17)18/h5,7H,1-4,6H2,(H,15,16)(H,17,18). The molecule has 0 saturated heterocycles. The Balaban J connectivity index is 2.32. The summed E-state index contributed by atoms with van der Waals surface area (Å²) in [5.74, 6) is -0.275. The summed E-state index contributed by atoms with van der Waals surface area (Å²) >= 11 is 5.97. The van der Waals surface area contributed by atoms with Crippen LogP contribution in [-0.4, -0.2) is 22.6 Å². The second-order valence-electron chi connectivity index (χ2n) is 3.76. The van der Waals surface area contributed by atoms with Crippen molar-refractivity contribution in [2.75, 3.05) is 11.9 Å². The van der Waals surface area contributed by atoms with Gasteiger partial charge in [0.2, 0.25) is 0 Å². The number of carboxylic acids is 1. The van der Waals surface area contributed by atoms with Gasteiger partial charge >= 0.3 is 5.97 Å². The number of carbonyl (C=O) groups is 1. The number of carboxylic acid groups (broad SMARTS) is 1. The molecule has 1 aromatic rings. The smallest absolute Gasteiger partial charge is 0.303 e. The molecule has 5 nitrogen and oxygen atoms in total. The predicted octanol–water partition coefficient (Wildman–Crippen LogP) is 2.66. The first-order valence-electron chi connectivity index (χ1n) is 5.65. The molecular weight excluding hydrogens is 254 g/mol. The third kappa shape index (κ3) is 4.60. The van der Waals surface area contributed by atoms with Crippen molar-refractivity contribution >= 4 is 23.4 Å². The summed E-state index contributed by atoms with van der Waals surface area (Å²) in [5, 5.41) is 20.6. The maximum atomic E-state index is 10.3. The fraction of sp³-hybridized carbons (Fsp3) is 0.417. The Labute approximate surface area is 110 Å². The van der Waals surface area contributed by atoms with E-state index < -0.39 is 5.97 Å². The summed E-state index contributed by atoms with van der Waals surface area (Å²) in [7, 11) is 0. The number of aromatic nitrogens is 1. The van der Waals surface area contributed by atoms with Gasteiger partial charge in [0.25, 0.3) is 0 Å². The Morgan fingerprint density at radius 3 is 2.94 bits per heavy atom. The lowest BCUT2D eigenvalue weighted by molar-refractivity contribution is -0.137. The molecule has 0 aliphatic heterocycles. The molecule has 0 aromatic carbocycles. The van der Waals surface area contributed by atoms with E-state index in [1.165, 1.54) is 6.20 Å². The van der Waals surface area contributed by atoms with Crippen LogP contribution >= 0.6 is 11.6 Å². The van der Waals surface area contributed by atoms with E-state index in [1.807, 2.05) is 6.07 Å². The van der Waals surface area contributed by atoms with Crippen molar-refractivity contribution in [3.8, 4) is 6.07 Å². The minimum atomic E-state index is -0.769. The van der Waals surface area contributed by atoms with Crippen LogP contribution in [-0.2, 0) is 4.79 Å². The fourth-order valence-electron chi connectivity index (χ4n) is 1.44. The average Bonchev–Trinajstić information content (AvgIpc) is 2.35. The number of rotatable bonds is 7. The summed E-state index contributed by atoms with van der Waals surface area (Å²) in [6.07, 6.45) is 4.05. The predicted molar refractivity (Wildman–Crippen MR) is 68.6 cm³/mol. The Hall–Kier alpha value is -1.80. The number of anilines is 1. The van der Waals surface area contributed by atoms with Crippen LogP contribution in [0.15, 0.2) is 12.3 Å². The molecule has 96 valence electrons. The third-order valence-electron chi connectivity index (χ3n) is 2.37. The van der Waals surface area contributed by atoms with E-state index in [1.54, 1.807) is 6.07 Å². The van der Waals surface area contributed by atoms with Gasteiger partial charge in [-0.2, -0.15) is 5.26 Å². The molecule has 0 spiro atoms. The van der Waals surface area contributed by atoms with Crippen molar-refractivity contribution in [3.63, 3.8) is 0 Å². The minimum Gasteiger partial charge on any atom is -0.481 e. The molecule has 0 amide bonds. The number of aliphatic carboxylic acids is 1. The quantitative estimate of drug-likeness (QED) is 0.742. The van der Waals surface area contributed by atoms with Crippen LogP contribution in [0.25, 0.3) is 0 Å². The van der Waals surface area contributed by atoms with Gasteiger partial charge in [-0.3, -0.25) is 4.79 Å². The Morgan fingerprint density at radius 1 is 1.50 bits per heavy atom. The second kappa shape index (κ2) is 7.51. The van der Waals surface area contributed by atoms with Gasteiger partial charge in [0.1, 0.15) is 16.9 Å². The SMILES string of the molecule is N#Cc1ccnc(NCCCCCC(=O)O)c1Cl. The van der Waals surface area contributed by atoms with Gasteiger partial charge in [0.15, 0.2) is 0 Å². The molecule has 0 unspecified atom stereocenters. The summed E-state index contributed by atoms with van der Waals surface area (Å²) in [6.45, 7) is 0.654. The number of nitriles is 1. The average molecular weight is 268 g/mol. The van der Waals surface area contributed by atoms with Crippen molar-refractivity contribution in [1.29, 1.82) is 5.26 Å². The van der Waals surface area contributed by atoms with Crippen molar-refractivity contribution in [2.45, 2.75) is 25.7 Å².